The Hall–Kier alpha value is -1.19. The van der Waals surface area contributed by atoms with E-state index in [1.165, 1.54) is 0 Å². The smallest absolute Gasteiger partial charge is 0.162 e. The van der Waals surface area contributed by atoms with E-state index in [2.05, 4.69) is 11.9 Å². The number of rotatable bonds is 6. The molecule has 0 bridgehead atoms. The summed E-state index contributed by atoms with van der Waals surface area (Å²) in [4.78, 5) is 14.3. The summed E-state index contributed by atoms with van der Waals surface area (Å²) >= 11 is 0. The molecule has 1 aromatic carbocycles. The van der Waals surface area contributed by atoms with E-state index in [4.69, 9.17) is 4.74 Å². The molecule has 0 unspecified atom stereocenters. The van der Waals surface area contributed by atoms with Crippen molar-refractivity contribution in [3.63, 3.8) is 0 Å². The molecule has 0 atom stereocenters. The zero-order valence-electron chi connectivity index (χ0n) is 11.7. The van der Waals surface area contributed by atoms with Gasteiger partial charge in [-0.2, -0.15) is 0 Å². The van der Waals surface area contributed by atoms with Gasteiger partial charge in [0, 0.05) is 31.2 Å². The lowest BCUT2D eigenvalue weighted by Gasteiger charge is -2.31. The highest BCUT2D eigenvalue weighted by Gasteiger charge is 2.18. The van der Waals surface area contributed by atoms with Crippen LogP contribution in [0.25, 0.3) is 0 Å². The first-order valence-electron chi connectivity index (χ1n) is 7.13. The Morgan fingerprint density at radius 3 is 2.63 bits per heavy atom. The molecule has 0 aliphatic carbocycles. The summed E-state index contributed by atoms with van der Waals surface area (Å²) in [5.74, 6) is 0.251. The van der Waals surface area contributed by atoms with Crippen LogP contribution in [0.1, 0.15) is 36.0 Å². The predicted octanol–water partition coefficient (Wildman–Crippen LogP) is 2.76. The van der Waals surface area contributed by atoms with Gasteiger partial charge in [-0.15, -0.1) is 0 Å². The maximum Gasteiger partial charge on any atom is 0.162 e. The molecule has 0 spiro atoms. The van der Waals surface area contributed by atoms with Gasteiger partial charge in [0.25, 0.3) is 0 Å². The Bertz CT molecular complexity index is 385. The number of Topliss-reactive ketones (excluding diaryl/α,β-unsaturated/α-hetero) is 1. The minimum atomic E-state index is 0.251. The summed E-state index contributed by atoms with van der Waals surface area (Å²) in [6, 6.07) is 10.2. The van der Waals surface area contributed by atoms with E-state index >= 15 is 0 Å². The Labute approximate surface area is 115 Å². The molecular formula is C16H23NO2. The average molecular weight is 261 g/mol. The van der Waals surface area contributed by atoms with Gasteiger partial charge in [-0.05, 0) is 32.9 Å². The molecule has 19 heavy (non-hydrogen) atoms. The minimum Gasteiger partial charge on any atom is -0.381 e. The van der Waals surface area contributed by atoms with Crippen molar-refractivity contribution in [1.29, 1.82) is 0 Å². The van der Waals surface area contributed by atoms with E-state index < -0.39 is 0 Å². The highest BCUT2D eigenvalue weighted by Crippen LogP contribution is 2.14. The van der Waals surface area contributed by atoms with Crippen LogP contribution in [0.2, 0.25) is 0 Å². The highest BCUT2D eigenvalue weighted by atomic mass is 16.5. The lowest BCUT2D eigenvalue weighted by Crippen LogP contribution is -2.37. The number of nitrogens with zero attached hydrogens (tertiary/aromatic N) is 1. The SMILES string of the molecule is CN(CCCC(=O)c1ccccc1)C1CCOCC1. The molecule has 0 amide bonds. The summed E-state index contributed by atoms with van der Waals surface area (Å²) in [6.45, 7) is 2.74. The molecule has 0 radical (unpaired) electrons. The van der Waals surface area contributed by atoms with E-state index in [0.29, 0.717) is 12.5 Å². The van der Waals surface area contributed by atoms with Crippen molar-refractivity contribution >= 4 is 5.78 Å². The molecule has 1 fully saturated rings. The number of ketones is 1. The van der Waals surface area contributed by atoms with Crippen molar-refractivity contribution in [2.24, 2.45) is 0 Å². The van der Waals surface area contributed by atoms with Crippen molar-refractivity contribution in [3.05, 3.63) is 35.9 Å². The molecule has 1 aliphatic heterocycles. The Balaban J connectivity index is 1.69. The molecule has 1 saturated heterocycles. The van der Waals surface area contributed by atoms with Gasteiger partial charge >= 0.3 is 0 Å². The highest BCUT2D eigenvalue weighted by molar-refractivity contribution is 5.95. The first-order valence-corrected chi connectivity index (χ1v) is 7.13. The normalized spacial score (nSPS) is 16.7. The van der Waals surface area contributed by atoms with Gasteiger partial charge in [-0.1, -0.05) is 30.3 Å². The molecule has 0 saturated carbocycles. The third kappa shape index (κ3) is 4.44. The molecule has 0 aromatic heterocycles. The van der Waals surface area contributed by atoms with Crippen molar-refractivity contribution in [1.82, 2.24) is 4.90 Å². The van der Waals surface area contributed by atoms with Crippen molar-refractivity contribution in [2.75, 3.05) is 26.8 Å². The second-order valence-corrected chi connectivity index (χ2v) is 5.22. The number of carbonyl (C=O) groups is 1. The van der Waals surface area contributed by atoms with Crippen LogP contribution >= 0.6 is 0 Å². The van der Waals surface area contributed by atoms with Gasteiger partial charge in [0.1, 0.15) is 0 Å². The van der Waals surface area contributed by atoms with Gasteiger partial charge in [-0.3, -0.25) is 4.79 Å². The fraction of sp³-hybridized carbons (Fsp3) is 0.562. The quantitative estimate of drug-likeness (QED) is 0.737. The largest absolute Gasteiger partial charge is 0.381 e. The fourth-order valence-electron chi connectivity index (χ4n) is 2.57. The van der Waals surface area contributed by atoms with Crippen molar-refractivity contribution in [3.8, 4) is 0 Å². The third-order valence-corrected chi connectivity index (χ3v) is 3.82. The first-order chi connectivity index (χ1) is 9.27. The lowest BCUT2D eigenvalue weighted by atomic mass is 10.0. The summed E-state index contributed by atoms with van der Waals surface area (Å²) < 4.78 is 5.37. The van der Waals surface area contributed by atoms with Crippen LogP contribution in [0.4, 0.5) is 0 Å². The van der Waals surface area contributed by atoms with Gasteiger partial charge in [0.05, 0.1) is 0 Å². The van der Waals surface area contributed by atoms with Crippen LogP contribution in [0.15, 0.2) is 30.3 Å². The monoisotopic (exact) mass is 261 g/mol. The Morgan fingerprint density at radius 2 is 1.95 bits per heavy atom. The minimum absolute atomic E-state index is 0.251. The predicted molar refractivity (Wildman–Crippen MR) is 76.5 cm³/mol. The molecule has 104 valence electrons. The summed E-state index contributed by atoms with van der Waals surface area (Å²) in [7, 11) is 2.16. The van der Waals surface area contributed by atoms with E-state index in [1.54, 1.807) is 0 Å². The topological polar surface area (TPSA) is 29.5 Å². The Kier molecular flexibility index (Phi) is 5.55. The fourth-order valence-corrected chi connectivity index (χ4v) is 2.57. The zero-order chi connectivity index (χ0) is 13.5. The van der Waals surface area contributed by atoms with Gasteiger partial charge in [-0.25, -0.2) is 0 Å². The van der Waals surface area contributed by atoms with Gasteiger partial charge < -0.3 is 9.64 Å². The van der Waals surface area contributed by atoms with Gasteiger partial charge in [0.2, 0.25) is 0 Å². The average Bonchev–Trinajstić information content (AvgIpc) is 2.49. The number of hydrogen-bond donors (Lipinski definition) is 0. The molecule has 0 N–H and O–H groups in total. The molecule has 1 aromatic rings. The van der Waals surface area contributed by atoms with E-state index in [9.17, 15) is 4.79 Å². The second-order valence-electron chi connectivity index (χ2n) is 5.22. The van der Waals surface area contributed by atoms with E-state index in [-0.39, 0.29) is 5.78 Å². The van der Waals surface area contributed by atoms with Crippen LogP contribution in [0.5, 0.6) is 0 Å². The molecular weight excluding hydrogens is 238 g/mol. The first kappa shape index (κ1) is 14.2. The zero-order valence-corrected chi connectivity index (χ0v) is 11.7. The Morgan fingerprint density at radius 1 is 1.26 bits per heavy atom. The summed E-state index contributed by atoms with van der Waals surface area (Å²) in [5.41, 5.74) is 0.830. The molecule has 3 heteroatoms. The van der Waals surface area contributed by atoms with Crippen LogP contribution < -0.4 is 0 Å². The van der Waals surface area contributed by atoms with E-state index in [0.717, 1.165) is 44.6 Å². The van der Waals surface area contributed by atoms with Crippen molar-refractivity contribution in [2.45, 2.75) is 31.7 Å². The van der Waals surface area contributed by atoms with Crippen LogP contribution in [0, 0.1) is 0 Å². The molecule has 3 nitrogen and oxygen atoms in total. The number of ether oxygens (including phenoxy) is 1. The van der Waals surface area contributed by atoms with E-state index in [1.807, 2.05) is 30.3 Å². The maximum atomic E-state index is 12.0. The lowest BCUT2D eigenvalue weighted by molar-refractivity contribution is 0.0425. The summed E-state index contributed by atoms with van der Waals surface area (Å²) in [5, 5.41) is 0. The molecule has 1 aliphatic rings. The van der Waals surface area contributed by atoms with Crippen LogP contribution in [-0.2, 0) is 4.74 Å². The second kappa shape index (κ2) is 7.41. The standard InChI is InChI=1S/C16H23NO2/c1-17(15-9-12-19-13-10-15)11-5-8-16(18)14-6-3-2-4-7-14/h2-4,6-7,15H,5,8-13H2,1H3. The number of hydrogen-bond acceptors (Lipinski definition) is 3. The van der Waals surface area contributed by atoms with Crippen molar-refractivity contribution < 1.29 is 9.53 Å². The molecule has 2 rings (SSSR count). The molecule has 1 heterocycles. The third-order valence-electron chi connectivity index (χ3n) is 3.82. The van der Waals surface area contributed by atoms with Crippen LogP contribution in [0.3, 0.4) is 0 Å². The summed E-state index contributed by atoms with van der Waals surface area (Å²) in [6.07, 6.45) is 3.80. The van der Waals surface area contributed by atoms with Gasteiger partial charge in [0.15, 0.2) is 5.78 Å². The number of carbonyl (C=O) groups excluding carboxylic acids is 1. The van der Waals surface area contributed by atoms with Crippen LogP contribution in [-0.4, -0.2) is 43.5 Å². The number of benzene rings is 1. The maximum absolute atomic E-state index is 12.0.